The van der Waals surface area contributed by atoms with Crippen molar-refractivity contribution >= 4 is 5.97 Å². The van der Waals surface area contributed by atoms with Crippen molar-refractivity contribution in [2.75, 3.05) is 13.2 Å². The summed E-state index contributed by atoms with van der Waals surface area (Å²) in [5.74, 6) is 6.98. The van der Waals surface area contributed by atoms with Crippen molar-refractivity contribution in [1.82, 2.24) is 20.0 Å². The van der Waals surface area contributed by atoms with Gasteiger partial charge >= 0.3 is 5.97 Å². The van der Waals surface area contributed by atoms with Crippen LogP contribution in [0.25, 0.3) is 11.3 Å². The molecular weight excluding hydrogens is 508 g/mol. The number of benzene rings is 2. The lowest BCUT2D eigenvalue weighted by atomic mass is 10.1. The van der Waals surface area contributed by atoms with Gasteiger partial charge in [-0.3, -0.25) is 4.79 Å². The highest BCUT2D eigenvalue weighted by molar-refractivity contribution is 5.69. The van der Waals surface area contributed by atoms with E-state index in [1.165, 1.54) is 0 Å². The Kier molecular flexibility index (Phi) is 9.04. The summed E-state index contributed by atoms with van der Waals surface area (Å²) in [5.41, 5.74) is 4.48. The fourth-order valence-corrected chi connectivity index (χ4v) is 4.50. The topological polar surface area (TPSA) is 112 Å². The molecule has 0 saturated carbocycles. The second-order valence-electron chi connectivity index (χ2n) is 9.69. The summed E-state index contributed by atoms with van der Waals surface area (Å²) in [4.78, 5) is 15.1. The molecule has 0 radical (unpaired) electrons. The van der Waals surface area contributed by atoms with E-state index in [-0.39, 0.29) is 18.9 Å². The third kappa shape index (κ3) is 7.45. The van der Waals surface area contributed by atoms with Crippen LogP contribution >= 0.6 is 0 Å². The van der Waals surface area contributed by atoms with Crippen LogP contribution < -0.4 is 5.32 Å². The Morgan fingerprint density at radius 2 is 1.90 bits per heavy atom. The van der Waals surface area contributed by atoms with Crippen LogP contribution in [0.2, 0.25) is 0 Å². The second kappa shape index (κ2) is 13.2. The standard InChI is InChI=1S/C31H32N4O5/c1-22(39-30-4-2-3-17-38-30)31-33-15-16-35(31)21-27-18-28(40-34-27)26-13-11-24(12-14-26)6-5-23-7-9-25(10-8-23)19-32-20-29(36)37/h7-16,18,22,30,32H,2-4,17,19-21H2,1H3,(H,36,37)/t22-,30?/m0/s1. The molecule has 1 fully saturated rings. The monoisotopic (exact) mass is 540 g/mol. The van der Waals surface area contributed by atoms with Crippen LogP contribution in [0.1, 0.15) is 60.5 Å². The van der Waals surface area contributed by atoms with Gasteiger partial charge in [0.2, 0.25) is 0 Å². The number of carboxylic acids is 1. The van der Waals surface area contributed by atoms with Gasteiger partial charge in [0.1, 0.15) is 17.6 Å². The minimum Gasteiger partial charge on any atom is -0.480 e. The van der Waals surface area contributed by atoms with Gasteiger partial charge in [-0.25, -0.2) is 4.98 Å². The maximum absolute atomic E-state index is 10.6. The first kappa shape index (κ1) is 27.3. The van der Waals surface area contributed by atoms with Crippen molar-refractivity contribution in [3.05, 3.63) is 95.2 Å². The summed E-state index contributed by atoms with van der Waals surface area (Å²) in [6.45, 7) is 3.69. The normalized spacial score (nSPS) is 15.8. The Morgan fingerprint density at radius 1 is 1.15 bits per heavy atom. The van der Waals surface area contributed by atoms with Crippen LogP contribution in [0.3, 0.4) is 0 Å². The van der Waals surface area contributed by atoms with Crippen LogP contribution in [0.4, 0.5) is 0 Å². The number of imidazole rings is 1. The minimum absolute atomic E-state index is 0.0658. The van der Waals surface area contributed by atoms with Crippen LogP contribution in [0, 0.1) is 11.8 Å². The summed E-state index contributed by atoms with van der Waals surface area (Å²) in [5, 5.41) is 15.8. The highest BCUT2D eigenvalue weighted by atomic mass is 16.7. The maximum atomic E-state index is 10.6. The summed E-state index contributed by atoms with van der Waals surface area (Å²) < 4.78 is 19.5. The van der Waals surface area contributed by atoms with Crippen molar-refractivity contribution in [3.8, 4) is 23.2 Å². The zero-order valence-electron chi connectivity index (χ0n) is 22.4. The summed E-state index contributed by atoms with van der Waals surface area (Å²) in [6.07, 6.45) is 6.42. The van der Waals surface area contributed by atoms with Gasteiger partial charge in [0.25, 0.3) is 0 Å². The lowest BCUT2D eigenvalue weighted by molar-refractivity contribution is -0.188. The molecular formula is C31H32N4O5. The van der Waals surface area contributed by atoms with E-state index in [4.69, 9.17) is 19.1 Å². The van der Waals surface area contributed by atoms with Crippen LogP contribution in [-0.2, 0) is 27.4 Å². The number of hydrogen-bond acceptors (Lipinski definition) is 7. The molecule has 2 N–H and O–H groups in total. The molecule has 3 heterocycles. The largest absolute Gasteiger partial charge is 0.480 e. The molecule has 2 atom stereocenters. The van der Waals surface area contributed by atoms with Crippen molar-refractivity contribution in [3.63, 3.8) is 0 Å². The van der Waals surface area contributed by atoms with Crippen LogP contribution in [-0.4, -0.2) is 45.2 Å². The lowest BCUT2D eigenvalue weighted by Gasteiger charge is -2.26. The second-order valence-corrected chi connectivity index (χ2v) is 9.69. The molecule has 0 aliphatic carbocycles. The summed E-state index contributed by atoms with van der Waals surface area (Å²) in [7, 11) is 0. The molecule has 2 aromatic carbocycles. The minimum atomic E-state index is -0.873. The fourth-order valence-electron chi connectivity index (χ4n) is 4.50. The average Bonchev–Trinajstić information content (AvgIpc) is 3.63. The quantitative estimate of drug-likeness (QED) is 0.277. The van der Waals surface area contributed by atoms with E-state index in [1.807, 2.05) is 72.3 Å². The summed E-state index contributed by atoms with van der Waals surface area (Å²) >= 11 is 0. The van der Waals surface area contributed by atoms with E-state index < -0.39 is 5.97 Å². The molecule has 5 rings (SSSR count). The van der Waals surface area contributed by atoms with Gasteiger partial charge in [0.05, 0.1) is 13.1 Å². The SMILES string of the molecule is C[C@H](OC1CCCCO1)c1nccn1Cc1cc(-c2ccc(C#Cc3ccc(CNCC(=O)O)cc3)cc2)on1. The average molecular weight is 541 g/mol. The molecule has 40 heavy (non-hydrogen) atoms. The molecule has 1 aliphatic rings. The third-order valence-corrected chi connectivity index (χ3v) is 6.58. The molecule has 2 aromatic heterocycles. The summed E-state index contributed by atoms with van der Waals surface area (Å²) in [6, 6.07) is 17.5. The number of aliphatic carboxylic acids is 1. The van der Waals surface area contributed by atoms with E-state index in [0.29, 0.717) is 18.8 Å². The molecule has 9 heteroatoms. The first-order chi connectivity index (χ1) is 19.5. The molecule has 0 spiro atoms. The van der Waals surface area contributed by atoms with Crippen molar-refractivity contribution in [1.29, 1.82) is 0 Å². The molecule has 4 aromatic rings. The van der Waals surface area contributed by atoms with Crippen molar-refractivity contribution in [2.24, 2.45) is 0 Å². The van der Waals surface area contributed by atoms with Gasteiger partial charge in [-0.2, -0.15) is 0 Å². The molecule has 0 amide bonds. The van der Waals surface area contributed by atoms with E-state index in [2.05, 4.69) is 27.3 Å². The highest BCUT2D eigenvalue weighted by Crippen LogP contribution is 2.25. The van der Waals surface area contributed by atoms with Gasteiger partial charge in [0.15, 0.2) is 12.1 Å². The number of nitrogens with zero attached hydrogens (tertiary/aromatic N) is 3. The number of carbonyl (C=O) groups is 1. The number of carboxylic acid groups (broad SMARTS) is 1. The maximum Gasteiger partial charge on any atom is 0.317 e. The molecule has 1 aliphatic heterocycles. The zero-order valence-corrected chi connectivity index (χ0v) is 22.4. The lowest BCUT2D eigenvalue weighted by Crippen LogP contribution is -2.24. The third-order valence-electron chi connectivity index (χ3n) is 6.58. The number of hydrogen-bond donors (Lipinski definition) is 2. The molecule has 206 valence electrons. The van der Waals surface area contributed by atoms with E-state index >= 15 is 0 Å². The molecule has 9 nitrogen and oxygen atoms in total. The Labute approximate surface area is 233 Å². The smallest absolute Gasteiger partial charge is 0.317 e. The Balaban J connectivity index is 1.17. The van der Waals surface area contributed by atoms with Gasteiger partial charge in [-0.1, -0.05) is 29.1 Å². The van der Waals surface area contributed by atoms with Crippen LogP contribution in [0.5, 0.6) is 0 Å². The fraction of sp³-hybridized carbons (Fsp3) is 0.323. The number of rotatable bonds is 10. The Hall–Kier alpha value is -4.23. The van der Waals surface area contributed by atoms with Gasteiger partial charge in [0, 0.05) is 48.3 Å². The van der Waals surface area contributed by atoms with Gasteiger partial charge in [-0.05, 0) is 68.1 Å². The number of nitrogens with one attached hydrogen (secondary N) is 1. The van der Waals surface area contributed by atoms with Crippen molar-refractivity contribution in [2.45, 2.75) is 51.7 Å². The van der Waals surface area contributed by atoms with Crippen LogP contribution in [0.15, 0.2) is 71.5 Å². The Bertz CT molecular complexity index is 1460. The van der Waals surface area contributed by atoms with E-state index in [0.717, 1.165) is 59.6 Å². The highest BCUT2D eigenvalue weighted by Gasteiger charge is 2.21. The first-order valence-electron chi connectivity index (χ1n) is 13.4. The van der Waals surface area contributed by atoms with E-state index in [1.54, 1.807) is 6.20 Å². The van der Waals surface area contributed by atoms with Gasteiger partial charge in [-0.15, -0.1) is 0 Å². The number of aromatic nitrogens is 3. The van der Waals surface area contributed by atoms with Gasteiger partial charge < -0.3 is 29.0 Å². The molecule has 1 unspecified atom stereocenters. The predicted octanol–water partition coefficient (Wildman–Crippen LogP) is 4.76. The molecule has 1 saturated heterocycles. The number of ether oxygens (including phenoxy) is 2. The zero-order chi connectivity index (χ0) is 27.7. The van der Waals surface area contributed by atoms with Crippen molar-refractivity contribution < 1.29 is 23.9 Å². The Morgan fingerprint density at radius 3 is 2.60 bits per heavy atom. The van der Waals surface area contributed by atoms with E-state index in [9.17, 15) is 4.79 Å². The first-order valence-corrected chi connectivity index (χ1v) is 13.4. The predicted molar refractivity (Wildman–Crippen MR) is 148 cm³/mol. The molecule has 0 bridgehead atoms.